The number of carbonyl (C=O) groups excluding carboxylic acids is 1. The molecule has 2 saturated carbocycles. The zero-order valence-corrected chi connectivity index (χ0v) is 8.38. The number of amides is 1. The Balaban J connectivity index is 1.72. The molecule has 1 amide bonds. The van der Waals surface area contributed by atoms with Crippen LogP contribution in [0.3, 0.4) is 0 Å². The van der Waals surface area contributed by atoms with E-state index in [1.807, 2.05) is 0 Å². The second-order valence-corrected chi connectivity index (χ2v) is 4.74. The van der Waals surface area contributed by atoms with Crippen molar-refractivity contribution >= 4 is 5.91 Å². The molecule has 2 fully saturated rings. The first-order valence-corrected chi connectivity index (χ1v) is 5.56. The Bertz CT molecular complexity index is 190. The molecule has 0 atom stereocenters. The molecule has 2 aliphatic rings. The van der Waals surface area contributed by atoms with Gasteiger partial charge in [-0.2, -0.15) is 0 Å². The second kappa shape index (κ2) is 3.69. The molecule has 0 bridgehead atoms. The van der Waals surface area contributed by atoms with E-state index < -0.39 is 0 Å². The van der Waals surface area contributed by atoms with E-state index in [1.54, 1.807) is 0 Å². The zero-order chi connectivity index (χ0) is 9.26. The minimum atomic E-state index is 0.319. The summed E-state index contributed by atoms with van der Waals surface area (Å²) in [4.78, 5) is 11.4. The van der Waals surface area contributed by atoms with Crippen molar-refractivity contribution in [3.8, 4) is 0 Å². The van der Waals surface area contributed by atoms with Crippen LogP contribution in [0.5, 0.6) is 0 Å². The van der Waals surface area contributed by atoms with Gasteiger partial charge >= 0.3 is 0 Å². The zero-order valence-electron chi connectivity index (χ0n) is 8.38. The van der Waals surface area contributed by atoms with Gasteiger partial charge in [-0.25, -0.2) is 0 Å². The van der Waals surface area contributed by atoms with E-state index in [4.69, 9.17) is 0 Å². The summed E-state index contributed by atoms with van der Waals surface area (Å²) in [7, 11) is 0. The number of hydrogen-bond acceptors (Lipinski definition) is 1. The maximum absolute atomic E-state index is 11.4. The van der Waals surface area contributed by atoms with Gasteiger partial charge in [-0.15, -0.1) is 0 Å². The summed E-state index contributed by atoms with van der Waals surface area (Å²) in [6.07, 6.45) is 7.20. The van der Waals surface area contributed by atoms with Gasteiger partial charge in [0.2, 0.25) is 5.91 Å². The molecule has 2 rings (SSSR count). The Labute approximate surface area is 80.1 Å². The van der Waals surface area contributed by atoms with Crippen LogP contribution in [-0.4, -0.2) is 11.9 Å². The number of nitrogens with one attached hydrogen (secondary N) is 1. The summed E-state index contributed by atoms with van der Waals surface area (Å²) in [5.74, 6) is 1.56. The average molecular weight is 181 g/mol. The van der Waals surface area contributed by atoms with Crippen LogP contribution in [0.15, 0.2) is 0 Å². The largest absolute Gasteiger partial charge is 0.353 e. The van der Waals surface area contributed by atoms with Gasteiger partial charge in [-0.05, 0) is 44.4 Å². The molecule has 0 aliphatic heterocycles. The lowest BCUT2D eigenvalue weighted by atomic mass is 9.87. The van der Waals surface area contributed by atoms with Crippen LogP contribution in [0.4, 0.5) is 0 Å². The molecular weight excluding hydrogens is 162 g/mol. The molecule has 0 aromatic rings. The van der Waals surface area contributed by atoms with Crippen molar-refractivity contribution in [3.05, 3.63) is 0 Å². The highest BCUT2D eigenvalue weighted by Crippen LogP contribution is 2.30. The topological polar surface area (TPSA) is 29.1 Å². The van der Waals surface area contributed by atoms with E-state index in [0.717, 1.165) is 18.8 Å². The molecule has 13 heavy (non-hydrogen) atoms. The fraction of sp³-hybridized carbons (Fsp3) is 0.909. The van der Waals surface area contributed by atoms with Crippen molar-refractivity contribution in [2.45, 2.75) is 51.5 Å². The van der Waals surface area contributed by atoms with Crippen LogP contribution in [0.2, 0.25) is 0 Å². The minimum absolute atomic E-state index is 0.319. The van der Waals surface area contributed by atoms with Crippen LogP contribution in [0.25, 0.3) is 0 Å². The van der Waals surface area contributed by atoms with Crippen molar-refractivity contribution in [3.63, 3.8) is 0 Å². The van der Waals surface area contributed by atoms with Crippen molar-refractivity contribution in [2.75, 3.05) is 0 Å². The first-order valence-electron chi connectivity index (χ1n) is 5.56. The van der Waals surface area contributed by atoms with Gasteiger partial charge < -0.3 is 5.32 Å². The molecule has 0 aromatic heterocycles. The van der Waals surface area contributed by atoms with E-state index in [-0.39, 0.29) is 0 Å². The van der Waals surface area contributed by atoms with E-state index in [2.05, 4.69) is 12.2 Å². The number of rotatable bonds is 2. The van der Waals surface area contributed by atoms with Crippen LogP contribution >= 0.6 is 0 Å². The summed E-state index contributed by atoms with van der Waals surface area (Å²) < 4.78 is 0. The van der Waals surface area contributed by atoms with E-state index in [0.29, 0.717) is 17.9 Å². The Kier molecular flexibility index (Phi) is 2.56. The maximum Gasteiger partial charge on any atom is 0.223 e. The summed E-state index contributed by atoms with van der Waals surface area (Å²) >= 11 is 0. The summed E-state index contributed by atoms with van der Waals surface area (Å²) in [6.45, 7) is 2.30. The molecule has 2 heteroatoms. The van der Waals surface area contributed by atoms with Crippen molar-refractivity contribution in [1.29, 1.82) is 0 Å². The van der Waals surface area contributed by atoms with E-state index >= 15 is 0 Å². The van der Waals surface area contributed by atoms with Crippen molar-refractivity contribution in [1.82, 2.24) is 5.32 Å². The molecule has 0 heterocycles. The van der Waals surface area contributed by atoms with Gasteiger partial charge in [0.15, 0.2) is 0 Å². The smallest absolute Gasteiger partial charge is 0.223 e. The van der Waals surface area contributed by atoms with Gasteiger partial charge in [0.05, 0.1) is 0 Å². The monoisotopic (exact) mass is 181 g/mol. The first-order chi connectivity index (χ1) is 6.25. The highest BCUT2D eigenvalue weighted by Gasteiger charge is 2.31. The SMILES string of the molecule is CC1CCC(NC(=O)C2CC2)CC1. The van der Waals surface area contributed by atoms with E-state index in [1.165, 1.54) is 25.7 Å². The predicted molar refractivity (Wildman–Crippen MR) is 52.3 cm³/mol. The fourth-order valence-electron chi connectivity index (χ4n) is 2.07. The van der Waals surface area contributed by atoms with Gasteiger partial charge in [0.25, 0.3) is 0 Å². The number of carbonyl (C=O) groups is 1. The van der Waals surface area contributed by atoms with Crippen LogP contribution in [-0.2, 0) is 4.79 Å². The molecule has 0 saturated heterocycles. The lowest BCUT2D eigenvalue weighted by Gasteiger charge is -2.26. The fourth-order valence-corrected chi connectivity index (χ4v) is 2.07. The van der Waals surface area contributed by atoms with Gasteiger partial charge in [0.1, 0.15) is 0 Å². The highest BCUT2D eigenvalue weighted by atomic mass is 16.2. The minimum Gasteiger partial charge on any atom is -0.353 e. The average Bonchev–Trinajstić information content (AvgIpc) is 2.91. The molecule has 0 radical (unpaired) electrons. The Morgan fingerprint density at radius 2 is 1.69 bits per heavy atom. The third-order valence-corrected chi connectivity index (χ3v) is 3.31. The van der Waals surface area contributed by atoms with Crippen LogP contribution < -0.4 is 5.32 Å². The predicted octanol–water partition coefficient (Wildman–Crippen LogP) is 2.09. The standard InChI is InChI=1S/C11H19NO/c1-8-2-6-10(7-3-8)12-11(13)9-4-5-9/h8-10H,2-7H2,1H3,(H,12,13). The van der Waals surface area contributed by atoms with Crippen LogP contribution in [0.1, 0.15) is 45.4 Å². The lowest BCUT2D eigenvalue weighted by Crippen LogP contribution is -2.38. The summed E-state index contributed by atoms with van der Waals surface area (Å²) in [5.41, 5.74) is 0. The van der Waals surface area contributed by atoms with Crippen molar-refractivity contribution < 1.29 is 4.79 Å². The molecule has 0 unspecified atom stereocenters. The number of hydrogen-bond donors (Lipinski definition) is 1. The van der Waals surface area contributed by atoms with E-state index in [9.17, 15) is 4.79 Å². The molecule has 2 aliphatic carbocycles. The van der Waals surface area contributed by atoms with Gasteiger partial charge in [0, 0.05) is 12.0 Å². The second-order valence-electron chi connectivity index (χ2n) is 4.74. The molecular formula is C11H19NO. The summed E-state index contributed by atoms with van der Waals surface area (Å²) in [6, 6.07) is 0.490. The quantitative estimate of drug-likeness (QED) is 0.694. The Morgan fingerprint density at radius 1 is 1.08 bits per heavy atom. The van der Waals surface area contributed by atoms with Crippen LogP contribution in [0, 0.1) is 11.8 Å². The van der Waals surface area contributed by atoms with Gasteiger partial charge in [-0.3, -0.25) is 4.79 Å². The maximum atomic E-state index is 11.4. The molecule has 1 N–H and O–H groups in total. The van der Waals surface area contributed by atoms with Gasteiger partial charge in [-0.1, -0.05) is 6.92 Å². The highest BCUT2D eigenvalue weighted by molar-refractivity contribution is 5.81. The lowest BCUT2D eigenvalue weighted by molar-refractivity contribution is -0.123. The Hall–Kier alpha value is -0.530. The first kappa shape index (κ1) is 9.04. The molecule has 2 nitrogen and oxygen atoms in total. The Morgan fingerprint density at radius 3 is 2.23 bits per heavy atom. The third kappa shape index (κ3) is 2.45. The normalized spacial score (nSPS) is 34.2. The molecule has 0 spiro atoms. The molecule has 74 valence electrons. The van der Waals surface area contributed by atoms with Crippen molar-refractivity contribution in [2.24, 2.45) is 11.8 Å². The molecule has 0 aromatic carbocycles. The summed E-state index contributed by atoms with van der Waals surface area (Å²) in [5, 5.41) is 3.16. The third-order valence-electron chi connectivity index (χ3n) is 3.31.